The monoisotopic (exact) mass is 240 g/mol. The summed E-state index contributed by atoms with van der Waals surface area (Å²) in [5.74, 6) is 0. The highest BCUT2D eigenvalue weighted by Gasteiger charge is 2.31. The molecule has 0 radical (unpaired) electrons. The van der Waals surface area contributed by atoms with Crippen molar-refractivity contribution in [2.75, 3.05) is 26.2 Å². The van der Waals surface area contributed by atoms with E-state index >= 15 is 0 Å². The first-order valence-electron chi connectivity index (χ1n) is 6.68. The number of hydrogen-bond acceptors (Lipinski definition) is 3. The van der Waals surface area contributed by atoms with Crippen LogP contribution < -0.4 is 0 Å². The van der Waals surface area contributed by atoms with Crippen molar-refractivity contribution in [2.45, 2.75) is 51.7 Å². The van der Waals surface area contributed by atoms with E-state index in [9.17, 15) is 4.79 Å². The van der Waals surface area contributed by atoms with Gasteiger partial charge in [-0.25, -0.2) is 4.79 Å². The van der Waals surface area contributed by atoms with Crippen LogP contribution in [0.4, 0.5) is 4.79 Å². The molecule has 0 aromatic rings. The summed E-state index contributed by atoms with van der Waals surface area (Å²) in [5.41, 5.74) is -0.384. The van der Waals surface area contributed by atoms with Gasteiger partial charge >= 0.3 is 6.09 Å². The van der Waals surface area contributed by atoms with Crippen molar-refractivity contribution in [3.63, 3.8) is 0 Å². The Bertz CT molecular complexity index is 274. The number of piperidine rings is 1. The maximum atomic E-state index is 11.9. The largest absolute Gasteiger partial charge is 0.444 e. The predicted molar refractivity (Wildman–Crippen MR) is 67.0 cm³/mol. The molecule has 2 aliphatic rings. The minimum Gasteiger partial charge on any atom is -0.444 e. The molecule has 2 rings (SSSR count). The number of ether oxygens (including phenoxy) is 1. The SMILES string of the molecule is CC(C)(C)OC(=O)N1CCC(N2CCC2)CC1. The van der Waals surface area contributed by atoms with E-state index < -0.39 is 0 Å². The Morgan fingerprint density at radius 2 is 1.71 bits per heavy atom. The lowest BCUT2D eigenvalue weighted by atomic mass is 10.00. The Hall–Kier alpha value is -0.770. The second-order valence-electron chi connectivity index (χ2n) is 6.09. The van der Waals surface area contributed by atoms with E-state index in [4.69, 9.17) is 4.74 Å². The van der Waals surface area contributed by atoms with Crippen molar-refractivity contribution in [3.8, 4) is 0 Å². The van der Waals surface area contributed by atoms with Crippen LogP contribution in [0.1, 0.15) is 40.0 Å². The van der Waals surface area contributed by atoms with Crippen molar-refractivity contribution in [1.82, 2.24) is 9.80 Å². The van der Waals surface area contributed by atoms with E-state index in [1.807, 2.05) is 25.7 Å². The van der Waals surface area contributed by atoms with E-state index in [0.717, 1.165) is 25.9 Å². The number of carbonyl (C=O) groups excluding carboxylic acids is 1. The van der Waals surface area contributed by atoms with Crippen LogP contribution in [0.15, 0.2) is 0 Å². The summed E-state index contributed by atoms with van der Waals surface area (Å²) < 4.78 is 5.39. The Balaban J connectivity index is 1.76. The van der Waals surface area contributed by atoms with Crippen molar-refractivity contribution in [1.29, 1.82) is 0 Å². The quantitative estimate of drug-likeness (QED) is 0.703. The van der Waals surface area contributed by atoms with Crippen molar-refractivity contribution in [3.05, 3.63) is 0 Å². The average molecular weight is 240 g/mol. The van der Waals surface area contributed by atoms with E-state index in [1.165, 1.54) is 19.5 Å². The molecule has 0 aromatic carbocycles. The van der Waals surface area contributed by atoms with Gasteiger partial charge in [-0.3, -0.25) is 0 Å². The van der Waals surface area contributed by atoms with Crippen LogP contribution in [0.3, 0.4) is 0 Å². The number of carbonyl (C=O) groups is 1. The molecule has 2 heterocycles. The molecule has 17 heavy (non-hydrogen) atoms. The van der Waals surface area contributed by atoms with Crippen LogP contribution in [0, 0.1) is 0 Å². The molecule has 98 valence electrons. The molecule has 2 saturated heterocycles. The van der Waals surface area contributed by atoms with Crippen LogP contribution in [0.25, 0.3) is 0 Å². The van der Waals surface area contributed by atoms with E-state index in [0.29, 0.717) is 6.04 Å². The molecule has 0 bridgehead atoms. The van der Waals surface area contributed by atoms with Gasteiger partial charge < -0.3 is 14.5 Å². The fraction of sp³-hybridized carbons (Fsp3) is 0.923. The normalized spacial score (nSPS) is 23.4. The summed E-state index contributed by atoms with van der Waals surface area (Å²) in [6, 6.07) is 0.697. The summed E-state index contributed by atoms with van der Waals surface area (Å²) >= 11 is 0. The van der Waals surface area contributed by atoms with Crippen LogP contribution in [-0.2, 0) is 4.74 Å². The van der Waals surface area contributed by atoms with Gasteiger partial charge in [0.15, 0.2) is 0 Å². The molecular weight excluding hydrogens is 216 g/mol. The Kier molecular flexibility index (Phi) is 3.61. The molecule has 0 saturated carbocycles. The molecule has 1 amide bonds. The van der Waals surface area contributed by atoms with Crippen LogP contribution in [0.2, 0.25) is 0 Å². The lowest BCUT2D eigenvalue weighted by Crippen LogP contribution is -2.51. The summed E-state index contributed by atoms with van der Waals surface area (Å²) in [4.78, 5) is 16.2. The van der Waals surface area contributed by atoms with Crippen molar-refractivity contribution >= 4 is 6.09 Å². The van der Waals surface area contributed by atoms with Gasteiger partial charge in [-0.2, -0.15) is 0 Å². The number of rotatable bonds is 1. The third-order valence-electron chi connectivity index (χ3n) is 3.52. The second kappa shape index (κ2) is 4.84. The third kappa shape index (κ3) is 3.35. The van der Waals surface area contributed by atoms with Crippen molar-refractivity contribution in [2.24, 2.45) is 0 Å². The maximum absolute atomic E-state index is 11.9. The first-order valence-corrected chi connectivity index (χ1v) is 6.68. The lowest BCUT2D eigenvalue weighted by molar-refractivity contribution is 0.00910. The smallest absolute Gasteiger partial charge is 0.410 e. The van der Waals surface area contributed by atoms with Crippen molar-refractivity contribution < 1.29 is 9.53 Å². The molecule has 0 N–H and O–H groups in total. The predicted octanol–water partition coefficient (Wildman–Crippen LogP) is 2.09. The number of hydrogen-bond donors (Lipinski definition) is 0. The van der Waals surface area contributed by atoms with E-state index in [1.54, 1.807) is 0 Å². The second-order valence-corrected chi connectivity index (χ2v) is 6.09. The fourth-order valence-corrected chi connectivity index (χ4v) is 2.45. The number of amides is 1. The maximum Gasteiger partial charge on any atom is 0.410 e. The van der Waals surface area contributed by atoms with Gasteiger partial charge in [0.25, 0.3) is 0 Å². The Morgan fingerprint density at radius 3 is 2.12 bits per heavy atom. The van der Waals surface area contributed by atoms with Gasteiger partial charge in [-0.05, 0) is 53.1 Å². The summed E-state index contributed by atoms with van der Waals surface area (Å²) in [7, 11) is 0. The highest BCUT2D eigenvalue weighted by atomic mass is 16.6. The highest BCUT2D eigenvalue weighted by Crippen LogP contribution is 2.22. The van der Waals surface area contributed by atoms with Crippen LogP contribution in [0.5, 0.6) is 0 Å². The van der Waals surface area contributed by atoms with Gasteiger partial charge in [0.05, 0.1) is 0 Å². The van der Waals surface area contributed by atoms with Gasteiger partial charge in [0.1, 0.15) is 5.60 Å². The van der Waals surface area contributed by atoms with Gasteiger partial charge in [-0.1, -0.05) is 0 Å². The summed E-state index contributed by atoms with van der Waals surface area (Å²) in [6.07, 6.45) is 3.38. The lowest BCUT2D eigenvalue weighted by Gasteiger charge is -2.43. The van der Waals surface area contributed by atoms with Gasteiger partial charge in [0.2, 0.25) is 0 Å². The first kappa shape index (κ1) is 12.7. The summed E-state index contributed by atoms with van der Waals surface area (Å²) in [6.45, 7) is 9.92. The molecule has 4 nitrogen and oxygen atoms in total. The molecule has 4 heteroatoms. The van der Waals surface area contributed by atoms with E-state index in [-0.39, 0.29) is 11.7 Å². The molecule has 2 fully saturated rings. The molecule has 0 unspecified atom stereocenters. The topological polar surface area (TPSA) is 32.8 Å². The summed E-state index contributed by atoms with van der Waals surface area (Å²) in [5, 5.41) is 0. The number of nitrogens with zero attached hydrogens (tertiary/aromatic N) is 2. The highest BCUT2D eigenvalue weighted by molar-refractivity contribution is 5.68. The standard InChI is InChI=1S/C13H24N2O2/c1-13(2,3)17-12(16)15-9-5-11(6-10-15)14-7-4-8-14/h11H,4-10H2,1-3H3. The minimum absolute atomic E-state index is 0.153. The van der Waals surface area contributed by atoms with Gasteiger partial charge in [0, 0.05) is 19.1 Å². The Labute approximate surface area is 104 Å². The first-order chi connectivity index (χ1) is 7.96. The van der Waals surface area contributed by atoms with Crippen LogP contribution in [-0.4, -0.2) is 53.7 Å². The molecule has 0 atom stereocenters. The Morgan fingerprint density at radius 1 is 1.12 bits per heavy atom. The zero-order chi connectivity index (χ0) is 12.5. The van der Waals surface area contributed by atoms with E-state index in [2.05, 4.69) is 4.90 Å². The molecule has 0 aliphatic carbocycles. The molecular formula is C13H24N2O2. The zero-order valence-corrected chi connectivity index (χ0v) is 11.2. The van der Waals surface area contributed by atoms with Crippen LogP contribution >= 0.6 is 0 Å². The fourth-order valence-electron chi connectivity index (χ4n) is 2.45. The molecule has 0 spiro atoms. The third-order valence-corrected chi connectivity index (χ3v) is 3.52. The average Bonchev–Trinajstić information content (AvgIpc) is 2.13. The minimum atomic E-state index is -0.384. The molecule has 2 aliphatic heterocycles. The molecule has 0 aromatic heterocycles. The zero-order valence-electron chi connectivity index (χ0n) is 11.2. The number of likely N-dealkylation sites (tertiary alicyclic amines) is 2. The van der Waals surface area contributed by atoms with Gasteiger partial charge in [-0.15, -0.1) is 0 Å².